The second kappa shape index (κ2) is 12.1. The van der Waals surface area contributed by atoms with Crippen molar-refractivity contribution < 1.29 is 37.4 Å². The van der Waals surface area contributed by atoms with Gasteiger partial charge in [0.1, 0.15) is 23.5 Å². The number of nitrogens with one attached hydrogen (secondary N) is 2. The van der Waals surface area contributed by atoms with Gasteiger partial charge in [0.25, 0.3) is 11.8 Å². The summed E-state index contributed by atoms with van der Waals surface area (Å²) in [5, 5.41) is 5.15. The fraction of sp³-hybridized carbons (Fsp3) is 0.643. The Hall–Kier alpha value is -3.28. The second-order valence-corrected chi connectivity index (χ2v) is 11.6. The van der Waals surface area contributed by atoms with E-state index >= 15 is 0 Å². The van der Waals surface area contributed by atoms with Gasteiger partial charge in [-0.15, -0.1) is 0 Å². The molecule has 2 aliphatic heterocycles. The highest BCUT2D eigenvalue weighted by Crippen LogP contribution is 2.34. The zero-order valence-corrected chi connectivity index (χ0v) is 23.2. The molecule has 3 fully saturated rings. The molecule has 4 rings (SSSR count). The van der Waals surface area contributed by atoms with Crippen molar-refractivity contribution in [3.05, 3.63) is 29.8 Å². The third kappa shape index (κ3) is 7.47. The van der Waals surface area contributed by atoms with E-state index in [0.717, 1.165) is 12.8 Å². The highest BCUT2D eigenvalue weighted by atomic mass is 19.1. The van der Waals surface area contributed by atoms with Crippen LogP contribution < -0.4 is 15.4 Å². The van der Waals surface area contributed by atoms with Crippen molar-refractivity contribution in [2.45, 2.75) is 82.5 Å². The Morgan fingerprint density at radius 1 is 1.15 bits per heavy atom. The minimum atomic E-state index is -2.36. The minimum Gasteiger partial charge on any atom is -0.451 e. The summed E-state index contributed by atoms with van der Waals surface area (Å²) in [5.41, 5.74) is -2.40. The van der Waals surface area contributed by atoms with Crippen molar-refractivity contribution in [1.82, 2.24) is 20.4 Å². The van der Waals surface area contributed by atoms with Gasteiger partial charge >= 0.3 is 6.36 Å². The number of hydrogen-bond donors (Lipinski definition) is 2. The van der Waals surface area contributed by atoms with E-state index in [4.69, 9.17) is 9.47 Å². The van der Waals surface area contributed by atoms with Gasteiger partial charge in [-0.2, -0.15) is 4.39 Å². The predicted octanol–water partition coefficient (Wildman–Crippen LogP) is 2.12. The molecule has 1 aliphatic carbocycles. The van der Waals surface area contributed by atoms with Gasteiger partial charge in [-0.3, -0.25) is 19.2 Å². The fourth-order valence-electron chi connectivity index (χ4n) is 4.99. The molecule has 3 atom stereocenters. The summed E-state index contributed by atoms with van der Waals surface area (Å²) in [6, 6.07) is 3.73. The topological polar surface area (TPSA) is 117 Å². The van der Waals surface area contributed by atoms with E-state index < -0.39 is 47.4 Å². The smallest absolute Gasteiger partial charge is 0.316 e. The van der Waals surface area contributed by atoms with E-state index in [-0.39, 0.29) is 23.6 Å². The Balaban J connectivity index is 1.48. The van der Waals surface area contributed by atoms with E-state index in [2.05, 4.69) is 10.6 Å². The van der Waals surface area contributed by atoms with Crippen LogP contribution >= 0.6 is 0 Å². The van der Waals surface area contributed by atoms with Crippen LogP contribution in [0, 0.1) is 0 Å². The molecule has 4 amide bonds. The molecule has 1 aromatic carbocycles. The molecule has 0 spiro atoms. The molecule has 40 heavy (non-hydrogen) atoms. The average molecular weight is 565 g/mol. The Bertz CT molecular complexity index is 1120. The molecule has 12 heteroatoms. The lowest BCUT2D eigenvalue weighted by atomic mass is 9.98. The zero-order chi connectivity index (χ0) is 29.1. The van der Waals surface area contributed by atoms with Crippen molar-refractivity contribution in [1.29, 1.82) is 0 Å². The first kappa shape index (κ1) is 29.7. The van der Waals surface area contributed by atoms with Gasteiger partial charge in [0.15, 0.2) is 0 Å². The van der Waals surface area contributed by atoms with Crippen LogP contribution in [-0.4, -0.2) is 95.9 Å². The summed E-state index contributed by atoms with van der Waals surface area (Å²) in [4.78, 5) is 55.5. The third-order valence-corrected chi connectivity index (χ3v) is 7.43. The molecule has 1 saturated carbocycles. The maximum absolute atomic E-state index is 14.8. The first-order chi connectivity index (χ1) is 18.9. The monoisotopic (exact) mass is 564 g/mol. The number of carbonyl (C=O) groups excluding carboxylic acids is 4. The molecule has 2 heterocycles. The standard InChI is InChI=1S/C28H38F2N4O6/c1-27(2,30)17-19(25(37)34-12-6-8-20(34)26(38)33-13-15-39-16-14-33)31-23(35)18-7-4-5-9-21(18)40-22(29)24(36)32-28(3)10-11-28/h4-5,7,9,19-20,22H,6,8,10-17H2,1-3H3,(H,31,35)(H,32,36)/t19-,20-,22-/m1/s1. The van der Waals surface area contributed by atoms with Crippen LogP contribution in [0.5, 0.6) is 5.75 Å². The van der Waals surface area contributed by atoms with Crippen LogP contribution in [0.3, 0.4) is 0 Å². The number of benzene rings is 1. The van der Waals surface area contributed by atoms with Gasteiger partial charge < -0.3 is 29.9 Å². The second-order valence-electron chi connectivity index (χ2n) is 11.6. The zero-order valence-electron chi connectivity index (χ0n) is 23.2. The minimum absolute atomic E-state index is 0.118. The van der Waals surface area contributed by atoms with Gasteiger partial charge in [-0.25, -0.2) is 4.39 Å². The molecule has 2 N–H and O–H groups in total. The molecular formula is C28H38F2N4O6. The predicted molar refractivity (Wildman–Crippen MR) is 141 cm³/mol. The van der Waals surface area contributed by atoms with E-state index in [9.17, 15) is 28.0 Å². The number of hydrogen-bond acceptors (Lipinski definition) is 6. The largest absolute Gasteiger partial charge is 0.451 e. The SMILES string of the molecule is CC(C)(F)C[C@@H](NC(=O)c1ccccc1O[C@@H](F)C(=O)NC1(C)CC1)C(=O)N1CCC[C@@H]1C(=O)N1CCOCC1. The van der Waals surface area contributed by atoms with Crippen molar-refractivity contribution in [3.8, 4) is 5.75 Å². The molecule has 0 unspecified atom stereocenters. The average Bonchev–Trinajstić information content (AvgIpc) is 3.43. The normalized spacial score (nSPS) is 21.8. The number of nitrogens with zero attached hydrogens (tertiary/aromatic N) is 2. The van der Waals surface area contributed by atoms with Gasteiger partial charge in [0.2, 0.25) is 11.8 Å². The lowest BCUT2D eigenvalue weighted by molar-refractivity contribution is -0.147. The summed E-state index contributed by atoms with van der Waals surface area (Å²) in [5.74, 6) is -2.70. The van der Waals surface area contributed by atoms with Crippen molar-refractivity contribution in [3.63, 3.8) is 0 Å². The Morgan fingerprint density at radius 2 is 1.82 bits per heavy atom. The highest BCUT2D eigenvalue weighted by Gasteiger charge is 2.42. The number of amides is 4. The van der Waals surface area contributed by atoms with Crippen LogP contribution in [0.2, 0.25) is 0 Å². The maximum Gasteiger partial charge on any atom is 0.316 e. The molecule has 10 nitrogen and oxygen atoms in total. The summed E-state index contributed by atoms with van der Waals surface area (Å²) in [6.45, 7) is 6.38. The molecule has 1 aromatic rings. The van der Waals surface area contributed by atoms with Crippen LogP contribution in [0.25, 0.3) is 0 Å². The summed E-state index contributed by atoms with van der Waals surface area (Å²) in [6.07, 6.45) is -0.159. The first-order valence-electron chi connectivity index (χ1n) is 13.8. The van der Waals surface area contributed by atoms with Gasteiger partial charge in [-0.1, -0.05) is 12.1 Å². The maximum atomic E-state index is 14.8. The summed E-state index contributed by atoms with van der Waals surface area (Å²) in [7, 11) is 0. The molecule has 0 bridgehead atoms. The van der Waals surface area contributed by atoms with Crippen LogP contribution in [0.4, 0.5) is 8.78 Å². The lowest BCUT2D eigenvalue weighted by Crippen LogP contribution is -2.56. The van der Waals surface area contributed by atoms with Gasteiger partial charge in [0, 0.05) is 31.6 Å². The fourth-order valence-corrected chi connectivity index (χ4v) is 4.99. The Kier molecular flexibility index (Phi) is 8.96. The van der Waals surface area contributed by atoms with Crippen LogP contribution in [0.15, 0.2) is 24.3 Å². The number of likely N-dealkylation sites (tertiary alicyclic amines) is 1. The molecule has 3 aliphatic rings. The number of morpholine rings is 1. The van der Waals surface area contributed by atoms with Crippen molar-refractivity contribution >= 4 is 23.6 Å². The summed E-state index contributed by atoms with van der Waals surface area (Å²) < 4.78 is 40.0. The summed E-state index contributed by atoms with van der Waals surface area (Å²) >= 11 is 0. The molecule has 220 valence electrons. The van der Waals surface area contributed by atoms with Gasteiger partial charge in [0.05, 0.1) is 18.8 Å². The van der Waals surface area contributed by atoms with E-state index in [1.54, 1.807) is 11.8 Å². The quantitative estimate of drug-likeness (QED) is 0.450. The lowest BCUT2D eigenvalue weighted by Gasteiger charge is -2.34. The number of carbonyl (C=O) groups is 4. The van der Waals surface area contributed by atoms with Crippen molar-refractivity contribution in [2.75, 3.05) is 32.8 Å². The number of halogens is 2. The van der Waals surface area contributed by atoms with Crippen LogP contribution in [0.1, 0.15) is 63.2 Å². The van der Waals surface area contributed by atoms with Crippen molar-refractivity contribution in [2.24, 2.45) is 0 Å². The molecule has 0 radical (unpaired) electrons. The third-order valence-electron chi connectivity index (χ3n) is 7.43. The number of rotatable bonds is 10. The van der Waals surface area contributed by atoms with E-state index in [1.165, 1.54) is 43.0 Å². The number of ether oxygens (including phenoxy) is 2. The highest BCUT2D eigenvalue weighted by molar-refractivity contribution is 6.00. The number of para-hydroxylation sites is 1. The molecule has 0 aromatic heterocycles. The van der Waals surface area contributed by atoms with Crippen LogP contribution in [-0.2, 0) is 19.1 Å². The molecular weight excluding hydrogens is 526 g/mol. The van der Waals surface area contributed by atoms with E-state index in [0.29, 0.717) is 45.7 Å². The Labute approximate surface area is 232 Å². The van der Waals surface area contributed by atoms with Gasteiger partial charge in [-0.05, 0) is 58.6 Å². The number of alkyl halides is 2. The van der Waals surface area contributed by atoms with E-state index in [1.807, 2.05) is 0 Å². The Morgan fingerprint density at radius 3 is 2.48 bits per heavy atom. The first-order valence-corrected chi connectivity index (χ1v) is 13.8. The molecule has 2 saturated heterocycles.